The van der Waals surface area contributed by atoms with E-state index < -0.39 is 0 Å². The summed E-state index contributed by atoms with van der Waals surface area (Å²) in [7, 11) is 0. The summed E-state index contributed by atoms with van der Waals surface area (Å²) in [6, 6.07) is -0.0394. The Morgan fingerprint density at radius 1 is 1.36 bits per heavy atom. The summed E-state index contributed by atoms with van der Waals surface area (Å²) < 4.78 is 4.78. The first kappa shape index (κ1) is 10.1. The molecule has 80 valence electrons. The number of hydrogen-bond donors (Lipinski definition) is 0. The number of likely N-dealkylation sites (tertiary alicyclic amines) is 1. The molecule has 1 spiro atoms. The third-order valence-electron chi connectivity index (χ3n) is 3.54. The molecule has 1 heterocycles. The van der Waals surface area contributed by atoms with E-state index >= 15 is 0 Å². The molecule has 0 radical (unpaired) electrons. The molecular weight excluding hydrogens is 202 g/mol. The molecule has 2 fully saturated rings. The molecule has 1 saturated carbocycles. The second-order valence-corrected chi connectivity index (χ2v) is 4.62. The zero-order valence-corrected chi connectivity index (χ0v) is 9.05. The molecule has 3 nitrogen and oxygen atoms in total. The van der Waals surface area contributed by atoms with Crippen molar-refractivity contribution in [2.75, 3.05) is 19.2 Å². The predicted octanol–water partition coefficient (Wildman–Crippen LogP) is 2.59. The smallest absolute Gasteiger partial charge is 0.410 e. The first-order valence-electron chi connectivity index (χ1n) is 5.23. The van der Waals surface area contributed by atoms with Crippen molar-refractivity contribution in [2.24, 2.45) is 5.41 Å². The monoisotopic (exact) mass is 217 g/mol. The Kier molecular flexibility index (Phi) is 2.86. The molecule has 4 heteroatoms. The molecule has 0 aromatic rings. The van der Waals surface area contributed by atoms with Crippen molar-refractivity contribution in [1.82, 2.24) is 4.90 Å². The lowest BCUT2D eigenvalue weighted by Crippen LogP contribution is -2.31. The van der Waals surface area contributed by atoms with Gasteiger partial charge in [0.1, 0.15) is 0 Å². The van der Waals surface area contributed by atoms with Crippen LogP contribution in [0, 0.1) is 5.41 Å². The fourth-order valence-electron chi connectivity index (χ4n) is 2.76. The molecule has 0 atom stereocenters. The zero-order valence-electron chi connectivity index (χ0n) is 8.30. The maximum absolute atomic E-state index is 11.4. The van der Waals surface area contributed by atoms with Crippen molar-refractivity contribution in [1.29, 1.82) is 0 Å². The number of alkyl halides is 1. The minimum Gasteiger partial charge on any atom is -0.433 e. The molecule has 0 bridgehead atoms. The summed E-state index contributed by atoms with van der Waals surface area (Å²) in [6.07, 6.45) is 6.08. The molecule has 0 N–H and O–H groups in total. The van der Waals surface area contributed by atoms with Gasteiger partial charge >= 0.3 is 6.09 Å². The Morgan fingerprint density at radius 2 is 2.07 bits per heavy atom. The molecule has 1 amide bonds. The van der Waals surface area contributed by atoms with Crippen LogP contribution in [0.2, 0.25) is 0 Å². The number of carbonyl (C=O) groups is 1. The molecule has 0 unspecified atom stereocenters. The van der Waals surface area contributed by atoms with Gasteiger partial charge in [-0.2, -0.15) is 0 Å². The van der Waals surface area contributed by atoms with Gasteiger partial charge in [0.05, 0.1) is 0 Å². The van der Waals surface area contributed by atoms with Crippen LogP contribution in [0.1, 0.15) is 32.1 Å². The van der Waals surface area contributed by atoms with Gasteiger partial charge in [0.2, 0.25) is 0 Å². The summed E-state index contributed by atoms with van der Waals surface area (Å²) >= 11 is 5.36. The quantitative estimate of drug-likeness (QED) is 0.632. The number of halogens is 1. The van der Waals surface area contributed by atoms with Crippen molar-refractivity contribution < 1.29 is 9.53 Å². The number of carbonyl (C=O) groups excluding carboxylic acids is 1. The summed E-state index contributed by atoms with van der Waals surface area (Å²) in [5.41, 5.74) is 0.422. The third kappa shape index (κ3) is 1.83. The van der Waals surface area contributed by atoms with Gasteiger partial charge < -0.3 is 9.64 Å². The summed E-state index contributed by atoms with van der Waals surface area (Å²) in [5.74, 6) is 0. The number of rotatable bonds is 1. The highest BCUT2D eigenvalue weighted by Crippen LogP contribution is 2.45. The first-order chi connectivity index (χ1) is 6.76. The van der Waals surface area contributed by atoms with Gasteiger partial charge in [0.25, 0.3) is 0 Å². The molecule has 0 aromatic carbocycles. The minimum absolute atomic E-state index is 0.0394. The zero-order chi connectivity index (χ0) is 10.0. The van der Waals surface area contributed by atoms with E-state index in [0.29, 0.717) is 5.41 Å². The molecule has 0 aromatic heterocycles. The van der Waals surface area contributed by atoms with Crippen LogP contribution >= 0.6 is 11.6 Å². The Morgan fingerprint density at radius 3 is 2.71 bits per heavy atom. The maximum Gasteiger partial charge on any atom is 0.410 e. The van der Waals surface area contributed by atoms with Crippen LogP contribution in [0.25, 0.3) is 0 Å². The maximum atomic E-state index is 11.4. The Bertz CT molecular complexity index is 226. The van der Waals surface area contributed by atoms with Crippen LogP contribution in [-0.4, -0.2) is 30.1 Å². The first-order valence-corrected chi connectivity index (χ1v) is 5.77. The number of ether oxygens (including phenoxy) is 1. The number of amides is 1. The van der Waals surface area contributed by atoms with Gasteiger partial charge in [0, 0.05) is 13.1 Å². The molecular formula is C10H16ClNO2. The lowest BCUT2D eigenvalue weighted by molar-refractivity contribution is 0.121. The van der Waals surface area contributed by atoms with Crippen LogP contribution in [0.3, 0.4) is 0 Å². The van der Waals surface area contributed by atoms with E-state index in [2.05, 4.69) is 0 Å². The summed E-state index contributed by atoms with van der Waals surface area (Å²) in [4.78, 5) is 13.2. The van der Waals surface area contributed by atoms with E-state index in [-0.39, 0.29) is 12.2 Å². The minimum atomic E-state index is -0.247. The molecule has 2 rings (SSSR count). The van der Waals surface area contributed by atoms with Crippen molar-refractivity contribution in [3.05, 3.63) is 0 Å². The van der Waals surface area contributed by atoms with E-state index in [4.69, 9.17) is 16.3 Å². The molecule has 2 aliphatic rings. The number of hydrogen-bond acceptors (Lipinski definition) is 2. The molecule has 1 aliphatic heterocycles. The summed E-state index contributed by atoms with van der Waals surface area (Å²) in [5, 5.41) is 0. The summed E-state index contributed by atoms with van der Waals surface area (Å²) in [6.45, 7) is 1.72. The molecule has 1 saturated heterocycles. The molecule has 1 aliphatic carbocycles. The Balaban J connectivity index is 1.90. The van der Waals surface area contributed by atoms with Crippen LogP contribution in [0.4, 0.5) is 4.79 Å². The average Bonchev–Trinajstić information content (AvgIpc) is 2.78. The highest BCUT2D eigenvalue weighted by Gasteiger charge is 2.42. The highest BCUT2D eigenvalue weighted by atomic mass is 35.5. The Labute approximate surface area is 89.4 Å². The third-order valence-corrected chi connectivity index (χ3v) is 3.65. The van der Waals surface area contributed by atoms with E-state index in [1.165, 1.54) is 25.7 Å². The van der Waals surface area contributed by atoms with Gasteiger partial charge in [-0.3, -0.25) is 0 Å². The second-order valence-electron chi connectivity index (χ2n) is 4.40. The van der Waals surface area contributed by atoms with Crippen LogP contribution < -0.4 is 0 Å². The lowest BCUT2D eigenvalue weighted by atomic mass is 9.86. The van der Waals surface area contributed by atoms with Gasteiger partial charge in [0.15, 0.2) is 6.07 Å². The van der Waals surface area contributed by atoms with Crippen molar-refractivity contribution in [3.63, 3.8) is 0 Å². The fraction of sp³-hybridized carbons (Fsp3) is 0.900. The number of nitrogens with zero attached hydrogens (tertiary/aromatic N) is 1. The van der Waals surface area contributed by atoms with Crippen molar-refractivity contribution >= 4 is 17.7 Å². The van der Waals surface area contributed by atoms with E-state index in [9.17, 15) is 4.79 Å². The Hall–Kier alpha value is -0.440. The van der Waals surface area contributed by atoms with E-state index in [0.717, 1.165) is 19.5 Å². The van der Waals surface area contributed by atoms with Gasteiger partial charge in [-0.25, -0.2) is 4.79 Å². The largest absolute Gasteiger partial charge is 0.433 e. The van der Waals surface area contributed by atoms with E-state index in [1.54, 1.807) is 4.90 Å². The van der Waals surface area contributed by atoms with Crippen LogP contribution in [0.15, 0.2) is 0 Å². The van der Waals surface area contributed by atoms with E-state index in [1.807, 2.05) is 0 Å². The van der Waals surface area contributed by atoms with Crippen molar-refractivity contribution in [2.45, 2.75) is 32.1 Å². The fourth-order valence-corrected chi connectivity index (χ4v) is 2.86. The van der Waals surface area contributed by atoms with Gasteiger partial charge in [-0.05, 0) is 24.7 Å². The predicted molar refractivity (Wildman–Crippen MR) is 54.3 cm³/mol. The van der Waals surface area contributed by atoms with Crippen LogP contribution in [-0.2, 0) is 4.74 Å². The highest BCUT2D eigenvalue weighted by molar-refractivity contribution is 6.17. The standard InChI is InChI=1S/C10H16ClNO2/c11-8-14-9(13)12-6-5-10(7-12)3-1-2-4-10/h1-8H2. The normalized spacial score (nSPS) is 24.5. The lowest BCUT2D eigenvalue weighted by Gasteiger charge is -2.22. The van der Waals surface area contributed by atoms with Gasteiger partial charge in [-0.1, -0.05) is 24.4 Å². The van der Waals surface area contributed by atoms with Crippen LogP contribution in [0.5, 0.6) is 0 Å². The SMILES string of the molecule is O=C(OCCl)N1CCC2(CCCC2)C1. The van der Waals surface area contributed by atoms with Crippen molar-refractivity contribution in [3.8, 4) is 0 Å². The second kappa shape index (κ2) is 3.97. The topological polar surface area (TPSA) is 29.5 Å². The molecule has 14 heavy (non-hydrogen) atoms. The average molecular weight is 218 g/mol. The van der Waals surface area contributed by atoms with Gasteiger partial charge in [-0.15, -0.1) is 0 Å².